The van der Waals surface area contributed by atoms with Crippen molar-refractivity contribution in [3.63, 3.8) is 0 Å². The van der Waals surface area contributed by atoms with Crippen molar-refractivity contribution in [3.05, 3.63) is 28.8 Å². The van der Waals surface area contributed by atoms with Crippen LogP contribution >= 0.6 is 23.2 Å². The zero-order chi connectivity index (χ0) is 15.1. The second-order valence-corrected chi connectivity index (χ2v) is 5.32. The summed E-state index contributed by atoms with van der Waals surface area (Å²) in [4.78, 5) is 14.5. The smallest absolute Gasteiger partial charge is 0.257 e. The highest BCUT2D eigenvalue weighted by atomic mass is 35.5. The molecule has 0 radical (unpaired) electrons. The van der Waals surface area contributed by atoms with Crippen LogP contribution in [0.15, 0.2) is 18.2 Å². The lowest BCUT2D eigenvalue weighted by molar-refractivity contribution is 0.0678. The first-order chi connectivity index (χ1) is 9.58. The molecule has 0 N–H and O–H groups in total. The van der Waals surface area contributed by atoms with Crippen LogP contribution in [0.1, 0.15) is 37.0 Å². The monoisotopic (exact) mass is 317 g/mol. The van der Waals surface area contributed by atoms with Crippen molar-refractivity contribution >= 4 is 29.1 Å². The van der Waals surface area contributed by atoms with Gasteiger partial charge < -0.3 is 9.64 Å². The van der Waals surface area contributed by atoms with E-state index in [4.69, 9.17) is 27.9 Å². The SMILES string of the molecule is CCC(CC)N(CCCl)C(=O)c1ccc(Cl)cc1OC. The molecule has 0 fully saturated rings. The van der Waals surface area contributed by atoms with Crippen molar-refractivity contribution in [3.8, 4) is 5.75 Å². The zero-order valence-corrected chi connectivity index (χ0v) is 13.7. The summed E-state index contributed by atoms with van der Waals surface area (Å²) in [7, 11) is 1.53. The molecule has 0 aliphatic carbocycles. The summed E-state index contributed by atoms with van der Waals surface area (Å²) >= 11 is 11.8. The molecule has 0 saturated carbocycles. The number of methoxy groups -OCH3 is 1. The van der Waals surface area contributed by atoms with Gasteiger partial charge in [0.15, 0.2) is 0 Å². The Bertz CT molecular complexity index is 447. The minimum atomic E-state index is -0.0622. The van der Waals surface area contributed by atoms with Crippen LogP contribution in [-0.4, -0.2) is 36.4 Å². The van der Waals surface area contributed by atoms with E-state index < -0.39 is 0 Å². The predicted molar refractivity (Wildman–Crippen MR) is 84.1 cm³/mol. The summed E-state index contributed by atoms with van der Waals surface area (Å²) in [6.45, 7) is 4.67. The van der Waals surface area contributed by atoms with E-state index >= 15 is 0 Å². The Morgan fingerprint density at radius 2 is 2.00 bits per heavy atom. The van der Waals surface area contributed by atoms with Crippen LogP contribution in [0.25, 0.3) is 0 Å². The molecule has 1 rings (SSSR count). The van der Waals surface area contributed by atoms with Crippen molar-refractivity contribution < 1.29 is 9.53 Å². The van der Waals surface area contributed by atoms with Gasteiger partial charge in [0.1, 0.15) is 5.75 Å². The highest BCUT2D eigenvalue weighted by Gasteiger charge is 2.24. The van der Waals surface area contributed by atoms with Crippen molar-refractivity contribution in [2.75, 3.05) is 19.5 Å². The van der Waals surface area contributed by atoms with E-state index in [1.807, 2.05) is 4.90 Å². The van der Waals surface area contributed by atoms with Gasteiger partial charge in [-0.25, -0.2) is 0 Å². The Labute approximate surface area is 130 Å². The maximum Gasteiger partial charge on any atom is 0.257 e. The van der Waals surface area contributed by atoms with E-state index in [1.165, 1.54) is 7.11 Å². The number of alkyl halides is 1. The quantitative estimate of drug-likeness (QED) is 0.705. The number of amides is 1. The van der Waals surface area contributed by atoms with Gasteiger partial charge in [-0.15, -0.1) is 11.6 Å². The van der Waals surface area contributed by atoms with Crippen molar-refractivity contribution in [2.24, 2.45) is 0 Å². The second kappa shape index (κ2) is 8.38. The Morgan fingerprint density at radius 1 is 1.35 bits per heavy atom. The average Bonchev–Trinajstić information content (AvgIpc) is 2.46. The molecule has 112 valence electrons. The number of ether oxygens (including phenoxy) is 1. The molecule has 5 heteroatoms. The van der Waals surface area contributed by atoms with Crippen LogP contribution in [0.4, 0.5) is 0 Å². The molecule has 0 bridgehead atoms. The molecule has 0 saturated heterocycles. The van der Waals surface area contributed by atoms with E-state index in [-0.39, 0.29) is 11.9 Å². The van der Waals surface area contributed by atoms with Crippen molar-refractivity contribution in [2.45, 2.75) is 32.7 Å². The molecule has 0 aromatic heterocycles. The number of carbonyl (C=O) groups excluding carboxylic acids is 1. The van der Waals surface area contributed by atoms with Crippen LogP contribution < -0.4 is 4.74 Å². The summed E-state index contributed by atoms with van der Waals surface area (Å²) in [6.07, 6.45) is 1.80. The Morgan fingerprint density at radius 3 is 2.50 bits per heavy atom. The van der Waals surface area contributed by atoms with Gasteiger partial charge in [-0.3, -0.25) is 4.79 Å². The maximum absolute atomic E-state index is 12.7. The van der Waals surface area contributed by atoms with Crippen molar-refractivity contribution in [1.29, 1.82) is 0 Å². The van der Waals surface area contributed by atoms with Gasteiger partial charge in [0.2, 0.25) is 0 Å². The molecule has 0 unspecified atom stereocenters. The Hall–Kier alpha value is -0.930. The van der Waals surface area contributed by atoms with Gasteiger partial charge in [0, 0.05) is 23.5 Å². The third-order valence-electron chi connectivity index (χ3n) is 3.36. The van der Waals surface area contributed by atoms with E-state index in [0.717, 1.165) is 12.8 Å². The van der Waals surface area contributed by atoms with Crippen LogP contribution in [0, 0.1) is 0 Å². The third kappa shape index (κ3) is 4.03. The van der Waals surface area contributed by atoms with Crippen LogP contribution in [0.2, 0.25) is 5.02 Å². The fraction of sp³-hybridized carbons (Fsp3) is 0.533. The fourth-order valence-corrected chi connectivity index (χ4v) is 2.61. The Kier molecular flexibility index (Phi) is 7.17. The summed E-state index contributed by atoms with van der Waals surface area (Å²) < 4.78 is 5.26. The van der Waals surface area contributed by atoms with E-state index in [9.17, 15) is 4.79 Å². The normalized spacial score (nSPS) is 10.7. The molecule has 1 aromatic carbocycles. The number of halogens is 2. The molecule has 0 heterocycles. The molecule has 1 aromatic rings. The number of carbonyl (C=O) groups is 1. The summed E-state index contributed by atoms with van der Waals surface area (Å²) in [5.74, 6) is 0.846. The standard InChI is InChI=1S/C15H21Cl2NO2/c1-4-12(5-2)18(9-8-16)15(19)13-7-6-11(17)10-14(13)20-3/h6-7,10,12H,4-5,8-9H2,1-3H3. The number of hydrogen-bond acceptors (Lipinski definition) is 2. The lowest BCUT2D eigenvalue weighted by Crippen LogP contribution is -2.41. The summed E-state index contributed by atoms with van der Waals surface area (Å²) in [6, 6.07) is 5.23. The molecular formula is C15H21Cl2NO2. The number of nitrogens with zero attached hydrogens (tertiary/aromatic N) is 1. The minimum absolute atomic E-state index is 0.0622. The van der Waals surface area contributed by atoms with E-state index in [2.05, 4.69) is 13.8 Å². The first-order valence-electron chi connectivity index (χ1n) is 6.79. The highest BCUT2D eigenvalue weighted by molar-refractivity contribution is 6.30. The molecule has 0 atom stereocenters. The van der Waals surface area contributed by atoms with Crippen LogP contribution in [-0.2, 0) is 0 Å². The Balaban J connectivity index is 3.11. The topological polar surface area (TPSA) is 29.5 Å². The second-order valence-electron chi connectivity index (χ2n) is 4.50. The largest absolute Gasteiger partial charge is 0.496 e. The molecule has 0 aliphatic heterocycles. The number of rotatable bonds is 7. The van der Waals surface area contributed by atoms with E-state index in [1.54, 1.807) is 18.2 Å². The predicted octanol–water partition coefficient (Wildman–Crippen LogP) is 4.22. The lowest BCUT2D eigenvalue weighted by Gasteiger charge is -2.30. The van der Waals surface area contributed by atoms with Gasteiger partial charge in [-0.1, -0.05) is 25.4 Å². The van der Waals surface area contributed by atoms with Gasteiger partial charge in [0.05, 0.1) is 12.7 Å². The molecule has 1 amide bonds. The maximum atomic E-state index is 12.7. The van der Waals surface area contributed by atoms with Crippen LogP contribution in [0.3, 0.4) is 0 Å². The molecule has 3 nitrogen and oxygen atoms in total. The minimum Gasteiger partial charge on any atom is -0.496 e. The summed E-state index contributed by atoms with van der Waals surface area (Å²) in [5, 5.41) is 0.546. The van der Waals surface area contributed by atoms with Crippen molar-refractivity contribution in [1.82, 2.24) is 4.90 Å². The summed E-state index contributed by atoms with van der Waals surface area (Å²) in [5.41, 5.74) is 0.522. The van der Waals surface area contributed by atoms with E-state index in [0.29, 0.717) is 28.8 Å². The fourth-order valence-electron chi connectivity index (χ4n) is 2.27. The van der Waals surface area contributed by atoms with Gasteiger partial charge in [-0.05, 0) is 31.0 Å². The molecule has 20 heavy (non-hydrogen) atoms. The number of hydrogen-bond donors (Lipinski definition) is 0. The third-order valence-corrected chi connectivity index (χ3v) is 3.77. The van der Waals surface area contributed by atoms with Gasteiger partial charge in [0.25, 0.3) is 5.91 Å². The first kappa shape index (κ1) is 17.1. The molecular weight excluding hydrogens is 297 g/mol. The van der Waals surface area contributed by atoms with Crippen LogP contribution in [0.5, 0.6) is 5.75 Å². The lowest BCUT2D eigenvalue weighted by atomic mass is 10.1. The van der Waals surface area contributed by atoms with Gasteiger partial charge >= 0.3 is 0 Å². The zero-order valence-electron chi connectivity index (χ0n) is 12.2. The molecule has 0 aliphatic rings. The average molecular weight is 318 g/mol. The number of benzene rings is 1. The molecule has 0 spiro atoms. The van der Waals surface area contributed by atoms with Gasteiger partial charge in [-0.2, -0.15) is 0 Å². The highest BCUT2D eigenvalue weighted by Crippen LogP contribution is 2.25. The first-order valence-corrected chi connectivity index (χ1v) is 7.70.